The fraction of sp³-hybridized carbons (Fsp3) is 0.586. The first kappa shape index (κ1) is 26.8. The van der Waals surface area contributed by atoms with Gasteiger partial charge in [-0.05, 0) is 106 Å². The molecular formula is C29H36F4O3. The zero-order valence-corrected chi connectivity index (χ0v) is 21.1. The van der Waals surface area contributed by atoms with Crippen LogP contribution in [-0.4, -0.2) is 25.9 Å². The first-order valence-corrected chi connectivity index (χ1v) is 13.3. The summed E-state index contributed by atoms with van der Waals surface area (Å²) in [5.74, 6) is -3.69. The lowest BCUT2D eigenvalue weighted by atomic mass is 9.77. The quantitative estimate of drug-likeness (QED) is 0.321. The van der Waals surface area contributed by atoms with Crippen LogP contribution in [0.2, 0.25) is 0 Å². The summed E-state index contributed by atoms with van der Waals surface area (Å²) in [7, 11) is 0. The number of rotatable bonds is 9. The van der Waals surface area contributed by atoms with Crippen LogP contribution in [0.1, 0.15) is 88.2 Å². The molecule has 0 spiro atoms. The second-order valence-electron chi connectivity index (χ2n) is 9.95. The molecule has 0 amide bonds. The molecule has 3 nitrogen and oxygen atoms in total. The van der Waals surface area contributed by atoms with Crippen molar-refractivity contribution in [3.63, 3.8) is 0 Å². The molecular weight excluding hydrogens is 472 g/mol. The predicted molar refractivity (Wildman–Crippen MR) is 131 cm³/mol. The Balaban J connectivity index is 1.31. The Morgan fingerprint density at radius 3 is 1.61 bits per heavy atom. The summed E-state index contributed by atoms with van der Waals surface area (Å²) < 4.78 is 74.8. The lowest BCUT2D eigenvalue weighted by Crippen LogP contribution is -2.22. The summed E-state index contributed by atoms with van der Waals surface area (Å²) in [6.45, 7) is 4.84. The zero-order chi connectivity index (χ0) is 25.7. The van der Waals surface area contributed by atoms with E-state index >= 15 is 8.78 Å². The molecule has 4 rings (SSSR count). The van der Waals surface area contributed by atoms with Crippen LogP contribution >= 0.6 is 0 Å². The maximum absolute atomic E-state index is 15.1. The van der Waals surface area contributed by atoms with Crippen LogP contribution in [-0.2, 0) is 4.74 Å². The molecule has 7 heteroatoms. The maximum Gasteiger partial charge on any atom is 0.204 e. The number of benzene rings is 2. The van der Waals surface area contributed by atoms with E-state index in [-0.39, 0.29) is 48.6 Å². The summed E-state index contributed by atoms with van der Waals surface area (Å²) >= 11 is 0. The molecule has 0 unspecified atom stereocenters. The number of hydrogen-bond donors (Lipinski definition) is 0. The van der Waals surface area contributed by atoms with Crippen molar-refractivity contribution in [2.45, 2.75) is 83.2 Å². The smallest absolute Gasteiger partial charge is 0.204 e. The van der Waals surface area contributed by atoms with Gasteiger partial charge in [-0.3, -0.25) is 0 Å². The van der Waals surface area contributed by atoms with E-state index < -0.39 is 23.3 Å². The minimum Gasteiger partial charge on any atom is -0.491 e. The number of hydrogen-bond acceptors (Lipinski definition) is 3. The van der Waals surface area contributed by atoms with Gasteiger partial charge in [0.25, 0.3) is 0 Å². The van der Waals surface area contributed by atoms with Crippen LogP contribution in [0, 0.1) is 29.2 Å². The van der Waals surface area contributed by atoms with E-state index in [1.54, 1.807) is 19.1 Å². The average Bonchev–Trinajstić information content (AvgIpc) is 2.89. The Morgan fingerprint density at radius 2 is 1.11 bits per heavy atom. The highest BCUT2D eigenvalue weighted by Gasteiger charge is 2.30. The minimum atomic E-state index is -1.06. The van der Waals surface area contributed by atoms with Gasteiger partial charge in [0, 0.05) is 6.61 Å². The minimum absolute atomic E-state index is 0.0333. The lowest BCUT2D eigenvalue weighted by Gasteiger charge is -2.31. The van der Waals surface area contributed by atoms with Crippen LogP contribution in [0.4, 0.5) is 17.6 Å². The first-order chi connectivity index (χ1) is 17.4. The topological polar surface area (TPSA) is 27.7 Å². The molecule has 2 aromatic rings. The van der Waals surface area contributed by atoms with Gasteiger partial charge < -0.3 is 14.2 Å². The van der Waals surface area contributed by atoms with Crippen molar-refractivity contribution >= 4 is 0 Å². The van der Waals surface area contributed by atoms with E-state index in [0.717, 1.165) is 38.5 Å². The molecule has 0 aromatic heterocycles. The van der Waals surface area contributed by atoms with Crippen LogP contribution in [0.5, 0.6) is 11.5 Å². The Kier molecular flexibility index (Phi) is 9.15. The third-order valence-electron chi connectivity index (χ3n) is 7.73. The molecule has 2 saturated carbocycles. The zero-order valence-electron chi connectivity index (χ0n) is 21.1. The van der Waals surface area contributed by atoms with Gasteiger partial charge >= 0.3 is 0 Å². The molecule has 2 aliphatic carbocycles. The maximum atomic E-state index is 15.1. The largest absolute Gasteiger partial charge is 0.491 e. The second-order valence-corrected chi connectivity index (χ2v) is 9.95. The second kappa shape index (κ2) is 12.3. The van der Waals surface area contributed by atoms with Gasteiger partial charge in [-0.25, -0.2) is 8.78 Å². The third kappa shape index (κ3) is 5.99. The van der Waals surface area contributed by atoms with Crippen molar-refractivity contribution in [2.24, 2.45) is 5.92 Å². The van der Waals surface area contributed by atoms with Crippen molar-refractivity contribution in [2.75, 3.05) is 19.8 Å². The molecule has 198 valence electrons. The van der Waals surface area contributed by atoms with Crippen molar-refractivity contribution in [1.82, 2.24) is 0 Å². The van der Waals surface area contributed by atoms with Crippen molar-refractivity contribution in [3.8, 4) is 11.5 Å². The average molecular weight is 509 g/mol. The molecule has 2 fully saturated rings. The van der Waals surface area contributed by atoms with E-state index in [9.17, 15) is 8.78 Å². The van der Waals surface area contributed by atoms with Gasteiger partial charge in [0.15, 0.2) is 23.1 Å². The fourth-order valence-electron chi connectivity index (χ4n) is 5.73. The molecule has 36 heavy (non-hydrogen) atoms. The molecule has 0 atom stereocenters. The SMILES string of the molecule is CCOc1ccc(OCC2CCC(c3ccc(C4CCC(OCC)CC4)c(F)c3F)CC2)c(F)c1F. The van der Waals surface area contributed by atoms with Gasteiger partial charge in [0.2, 0.25) is 11.6 Å². The van der Waals surface area contributed by atoms with Crippen molar-refractivity contribution < 1.29 is 31.8 Å². The highest BCUT2D eigenvalue weighted by atomic mass is 19.2. The van der Waals surface area contributed by atoms with Crippen LogP contribution < -0.4 is 9.47 Å². The fourth-order valence-corrected chi connectivity index (χ4v) is 5.73. The molecule has 0 heterocycles. The van der Waals surface area contributed by atoms with Crippen molar-refractivity contribution in [3.05, 3.63) is 58.7 Å². The van der Waals surface area contributed by atoms with Crippen molar-refractivity contribution in [1.29, 1.82) is 0 Å². The highest BCUT2D eigenvalue weighted by Crippen LogP contribution is 2.41. The molecule has 0 radical (unpaired) electrons. The number of ether oxygens (including phenoxy) is 3. The first-order valence-electron chi connectivity index (χ1n) is 13.3. The molecule has 0 bridgehead atoms. The third-order valence-corrected chi connectivity index (χ3v) is 7.73. The summed E-state index contributed by atoms with van der Waals surface area (Å²) in [4.78, 5) is 0. The Morgan fingerprint density at radius 1 is 0.611 bits per heavy atom. The van der Waals surface area contributed by atoms with Crippen LogP contribution in [0.25, 0.3) is 0 Å². The van der Waals surface area contributed by atoms with Crippen LogP contribution in [0.3, 0.4) is 0 Å². The van der Waals surface area contributed by atoms with Crippen LogP contribution in [0.15, 0.2) is 24.3 Å². The Bertz CT molecular complexity index is 1010. The molecule has 2 aromatic carbocycles. The highest BCUT2D eigenvalue weighted by molar-refractivity contribution is 5.35. The monoisotopic (exact) mass is 508 g/mol. The van der Waals surface area contributed by atoms with Gasteiger partial charge in [-0.1, -0.05) is 12.1 Å². The standard InChI is InChI=1S/C29H36F4O3/c1-3-34-21-11-9-20(10-12-21)23-14-13-22(26(30)27(23)31)19-7-5-18(6-8-19)17-36-25-16-15-24(35-4-2)28(32)29(25)33/h13-16,18-21H,3-12,17H2,1-2H3. The normalized spacial score (nSPS) is 24.5. The van der Waals surface area contributed by atoms with Gasteiger partial charge in [-0.15, -0.1) is 0 Å². The molecule has 0 aliphatic heterocycles. The molecule has 0 saturated heterocycles. The summed E-state index contributed by atoms with van der Waals surface area (Å²) in [5, 5.41) is 0. The van der Waals surface area contributed by atoms with E-state index in [1.165, 1.54) is 12.1 Å². The van der Waals surface area contributed by atoms with E-state index in [2.05, 4.69) is 0 Å². The van der Waals surface area contributed by atoms with Gasteiger partial charge in [0.1, 0.15) is 0 Å². The Hall–Kier alpha value is -2.28. The number of halogens is 4. The molecule has 0 N–H and O–H groups in total. The summed E-state index contributed by atoms with van der Waals surface area (Å²) in [6, 6.07) is 6.28. The summed E-state index contributed by atoms with van der Waals surface area (Å²) in [5.41, 5.74) is 0.927. The Labute approximate surface area is 211 Å². The van der Waals surface area contributed by atoms with E-state index in [4.69, 9.17) is 14.2 Å². The van der Waals surface area contributed by atoms with E-state index in [1.807, 2.05) is 6.92 Å². The predicted octanol–water partition coefficient (Wildman–Crippen LogP) is 8.06. The van der Waals surface area contributed by atoms with Gasteiger partial charge in [0.05, 0.1) is 19.3 Å². The molecule has 2 aliphatic rings. The van der Waals surface area contributed by atoms with Gasteiger partial charge in [-0.2, -0.15) is 8.78 Å². The van der Waals surface area contributed by atoms with E-state index in [0.29, 0.717) is 30.6 Å². The summed E-state index contributed by atoms with van der Waals surface area (Å²) in [6.07, 6.45) is 6.48. The lowest BCUT2D eigenvalue weighted by molar-refractivity contribution is 0.0325.